The number of rotatable bonds is 7. The van der Waals surface area contributed by atoms with Crippen LogP contribution < -0.4 is 4.72 Å². The van der Waals surface area contributed by atoms with Gasteiger partial charge in [-0.25, -0.2) is 13.1 Å². The Kier molecular flexibility index (Phi) is 4.69. The van der Waals surface area contributed by atoms with Crippen molar-refractivity contribution in [3.8, 4) is 0 Å². The maximum Gasteiger partial charge on any atom is 0.234 e. The number of aromatic nitrogens is 4. The molecule has 0 bridgehead atoms. The second-order valence-electron chi connectivity index (χ2n) is 5.17. The Morgan fingerprint density at radius 2 is 2.00 bits per heavy atom. The van der Waals surface area contributed by atoms with Gasteiger partial charge in [0.05, 0.1) is 12.3 Å². The molecule has 0 radical (unpaired) electrons. The molecule has 0 saturated heterocycles. The van der Waals surface area contributed by atoms with Crippen LogP contribution in [0.5, 0.6) is 0 Å². The largest absolute Gasteiger partial charge is 0.234 e. The summed E-state index contributed by atoms with van der Waals surface area (Å²) in [6.45, 7) is 1.98. The van der Waals surface area contributed by atoms with Crippen molar-refractivity contribution in [2.45, 2.75) is 26.3 Å². The first-order valence-corrected chi connectivity index (χ1v) is 9.69. The normalized spacial score (nSPS) is 12.0. The third-order valence-electron chi connectivity index (χ3n) is 3.35. The van der Waals surface area contributed by atoms with Crippen LogP contribution in [0.2, 0.25) is 0 Å². The Balaban J connectivity index is 1.52. The van der Waals surface area contributed by atoms with Crippen molar-refractivity contribution in [2.75, 3.05) is 5.75 Å². The summed E-state index contributed by atoms with van der Waals surface area (Å²) >= 11 is 1.33. The van der Waals surface area contributed by atoms with E-state index in [4.69, 9.17) is 0 Å². The molecule has 2 aromatic heterocycles. The molecule has 1 aromatic carbocycles. The lowest BCUT2D eigenvalue weighted by Gasteiger charge is -2.05. The molecular formula is C14H17N5O2S2. The lowest BCUT2D eigenvalue weighted by Crippen LogP contribution is -2.26. The molecule has 3 rings (SSSR count). The van der Waals surface area contributed by atoms with Gasteiger partial charge >= 0.3 is 0 Å². The summed E-state index contributed by atoms with van der Waals surface area (Å²) in [5, 5.41) is 12.8. The molecule has 0 aliphatic carbocycles. The summed E-state index contributed by atoms with van der Waals surface area (Å²) in [4.78, 5) is 0.667. The maximum atomic E-state index is 12.0. The van der Waals surface area contributed by atoms with Crippen LogP contribution in [0.15, 0.2) is 30.3 Å². The van der Waals surface area contributed by atoms with Crippen LogP contribution in [0.3, 0.4) is 0 Å². The van der Waals surface area contributed by atoms with E-state index in [1.807, 2.05) is 30.3 Å². The summed E-state index contributed by atoms with van der Waals surface area (Å²) < 4.78 is 28.3. The van der Waals surface area contributed by atoms with Gasteiger partial charge in [-0.3, -0.25) is 0 Å². The summed E-state index contributed by atoms with van der Waals surface area (Å²) in [6.07, 6.45) is 1.33. The molecule has 23 heavy (non-hydrogen) atoms. The molecule has 0 fully saturated rings. The van der Waals surface area contributed by atoms with E-state index in [0.717, 1.165) is 12.0 Å². The van der Waals surface area contributed by atoms with Crippen molar-refractivity contribution in [3.05, 3.63) is 46.7 Å². The van der Waals surface area contributed by atoms with Crippen LogP contribution in [-0.4, -0.2) is 34.0 Å². The predicted octanol–water partition coefficient (Wildman–Crippen LogP) is 1.55. The van der Waals surface area contributed by atoms with Gasteiger partial charge in [0.2, 0.25) is 15.0 Å². The van der Waals surface area contributed by atoms with E-state index in [1.54, 1.807) is 11.4 Å². The van der Waals surface area contributed by atoms with E-state index in [2.05, 4.69) is 20.0 Å². The molecular weight excluding hydrogens is 334 g/mol. The van der Waals surface area contributed by atoms with Gasteiger partial charge in [0.25, 0.3) is 0 Å². The van der Waals surface area contributed by atoms with Gasteiger partial charge in [0.1, 0.15) is 5.01 Å². The standard InChI is InChI=1S/C14H17N5O2S2/c1-11-16-17-14-19(11)18-13(22-14)10-15-23(20,21)9-5-8-12-6-3-2-4-7-12/h2-4,6-7,15H,5,8-10H2,1H3. The summed E-state index contributed by atoms with van der Waals surface area (Å²) in [5.74, 6) is 0.790. The molecule has 7 nitrogen and oxygen atoms in total. The van der Waals surface area contributed by atoms with E-state index in [9.17, 15) is 8.42 Å². The number of aryl methyl sites for hydroxylation is 2. The zero-order valence-electron chi connectivity index (χ0n) is 12.6. The van der Waals surface area contributed by atoms with Gasteiger partial charge in [0.15, 0.2) is 5.82 Å². The van der Waals surface area contributed by atoms with Gasteiger partial charge in [-0.15, -0.1) is 10.2 Å². The monoisotopic (exact) mass is 351 g/mol. The van der Waals surface area contributed by atoms with Crippen LogP contribution in [-0.2, 0) is 23.0 Å². The molecule has 0 atom stereocenters. The lowest BCUT2D eigenvalue weighted by molar-refractivity contribution is 0.578. The number of hydrogen-bond acceptors (Lipinski definition) is 6. The van der Waals surface area contributed by atoms with Gasteiger partial charge in [-0.05, 0) is 25.3 Å². The van der Waals surface area contributed by atoms with E-state index in [1.165, 1.54) is 11.3 Å². The molecule has 3 aromatic rings. The zero-order valence-corrected chi connectivity index (χ0v) is 14.3. The third-order valence-corrected chi connectivity index (χ3v) is 5.66. The molecule has 2 heterocycles. The Bertz CT molecular complexity index is 886. The van der Waals surface area contributed by atoms with Gasteiger partial charge in [-0.2, -0.15) is 9.61 Å². The molecule has 0 aliphatic rings. The number of nitrogens with zero attached hydrogens (tertiary/aromatic N) is 4. The number of hydrogen-bond donors (Lipinski definition) is 1. The average Bonchev–Trinajstić information content (AvgIpc) is 3.09. The van der Waals surface area contributed by atoms with E-state index in [-0.39, 0.29) is 12.3 Å². The van der Waals surface area contributed by atoms with E-state index in [0.29, 0.717) is 22.2 Å². The number of fused-ring (bicyclic) bond motifs is 1. The zero-order chi connectivity index (χ0) is 16.3. The summed E-state index contributed by atoms with van der Waals surface area (Å²) in [6, 6.07) is 9.86. The Hall–Kier alpha value is -1.84. The fourth-order valence-corrected chi connectivity index (χ4v) is 4.12. The minimum Gasteiger partial charge on any atom is -0.212 e. The molecule has 122 valence electrons. The van der Waals surface area contributed by atoms with Crippen molar-refractivity contribution >= 4 is 26.3 Å². The Morgan fingerprint density at radius 1 is 1.22 bits per heavy atom. The Morgan fingerprint density at radius 3 is 2.74 bits per heavy atom. The second kappa shape index (κ2) is 6.73. The smallest absolute Gasteiger partial charge is 0.212 e. The van der Waals surface area contributed by atoms with Crippen molar-refractivity contribution < 1.29 is 8.42 Å². The van der Waals surface area contributed by atoms with Crippen LogP contribution in [0.4, 0.5) is 0 Å². The van der Waals surface area contributed by atoms with E-state index < -0.39 is 10.0 Å². The van der Waals surface area contributed by atoms with Gasteiger partial charge in [0, 0.05) is 0 Å². The fourth-order valence-electron chi connectivity index (χ4n) is 2.18. The minimum atomic E-state index is -3.31. The molecule has 0 unspecified atom stereocenters. The van der Waals surface area contributed by atoms with Crippen molar-refractivity contribution in [2.24, 2.45) is 0 Å². The quantitative estimate of drug-likeness (QED) is 0.697. The lowest BCUT2D eigenvalue weighted by atomic mass is 10.1. The Labute approximate surface area is 138 Å². The number of benzene rings is 1. The molecule has 1 N–H and O–H groups in total. The molecule has 0 saturated carbocycles. The van der Waals surface area contributed by atoms with Crippen molar-refractivity contribution in [1.29, 1.82) is 0 Å². The molecule has 0 amide bonds. The molecule has 9 heteroatoms. The van der Waals surface area contributed by atoms with Gasteiger partial charge < -0.3 is 0 Å². The van der Waals surface area contributed by atoms with Crippen LogP contribution in [0, 0.1) is 6.92 Å². The minimum absolute atomic E-state index is 0.102. The highest BCUT2D eigenvalue weighted by Gasteiger charge is 2.13. The molecule has 0 aliphatic heterocycles. The van der Waals surface area contributed by atoms with Crippen LogP contribution >= 0.6 is 11.3 Å². The highest BCUT2D eigenvalue weighted by Crippen LogP contribution is 2.13. The average molecular weight is 351 g/mol. The van der Waals surface area contributed by atoms with Crippen molar-refractivity contribution in [1.82, 2.24) is 24.5 Å². The van der Waals surface area contributed by atoms with Gasteiger partial charge in [-0.1, -0.05) is 41.7 Å². The van der Waals surface area contributed by atoms with E-state index >= 15 is 0 Å². The first-order chi connectivity index (χ1) is 11.0. The fraction of sp³-hybridized carbons (Fsp3) is 0.357. The number of sulfonamides is 1. The molecule has 0 spiro atoms. The highest BCUT2D eigenvalue weighted by atomic mass is 32.2. The topological polar surface area (TPSA) is 89.2 Å². The highest BCUT2D eigenvalue weighted by molar-refractivity contribution is 7.89. The SMILES string of the molecule is Cc1nnc2sc(CNS(=O)(=O)CCCc3ccccc3)nn12. The van der Waals surface area contributed by atoms with Crippen molar-refractivity contribution in [3.63, 3.8) is 0 Å². The maximum absolute atomic E-state index is 12.0. The van der Waals surface area contributed by atoms with Crippen LogP contribution in [0.1, 0.15) is 22.8 Å². The second-order valence-corrected chi connectivity index (χ2v) is 8.13. The summed E-state index contributed by atoms with van der Waals surface area (Å²) in [5.41, 5.74) is 1.15. The third kappa shape index (κ3) is 4.12. The predicted molar refractivity (Wildman–Crippen MR) is 88.8 cm³/mol. The first-order valence-electron chi connectivity index (χ1n) is 7.22. The number of nitrogens with one attached hydrogen (secondary N) is 1. The van der Waals surface area contributed by atoms with Crippen LogP contribution in [0.25, 0.3) is 4.96 Å². The summed E-state index contributed by atoms with van der Waals surface area (Å²) in [7, 11) is -3.31. The first kappa shape index (κ1) is 16.0.